The molecular formula is C17H13NO. The molecule has 0 radical (unpaired) electrons. The van der Waals surface area contributed by atoms with Crippen LogP contribution in [-0.4, -0.2) is 4.98 Å². The molecule has 0 bridgehead atoms. The van der Waals surface area contributed by atoms with E-state index in [4.69, 9.17) is 0 Å². The molecule has 2 nitrogen and oxygen atoms in total. The first-order chi connectivity index (χ1) is 9.34. The summed E-state index contributed by atoms with van der Waals surface area (Å²) in [6.07, 6.45) is 0. The predicted molar refractivity (Wildman–Crippen MR) is 77.9 cm³/mol. The van der Waals surface area contributed by atoms with Crippen LogP contribution in [0.1, 0.15) is 0 Å². The molecule has 0 unspecified atom stereocenters. The van der Waals surface area contributed by atoms with Gasteiger partial charge in [0.15, 0.2) is 0 Å². The van der Waals surface area contributed by atoms with Crippen LogP contribution in [0.5, 0.6) is 0 Å². The monoisotopic (exact) mass is 247 g/mol. The Morgan fingerprint density at radius 2 is 1.21 bits per heavy atom. The SMILES string of the molecule is O=c1ccc(-c2ccccc2)c(-c2ccccc2)[nH]1. The maximum absolute atomic E-state index is 11.6. The third kappa shape index (κ3) is 2.33. The van der Waals surface area contributed by atoms with E-state index in [0.29, 0.717) is 0 Å². The lowest BCUT2D eigenvalue weighted by molar-refractivity contribution is 1.24. The van der Waals surface area contributed by atoms with E-state index in [1.807, 2.05) is 66.7 Å². The van der Waals surface area contributed by atoms with Crippen molar-refractivity contribution < 1.29 is 0 Å². The van der Waals surface area contributed by atoms with E-state index in [2.05, 4.69) is 4.98 Å². The number of aromatic nitrogens is 1. The number of pyridine rings is 1. The maximum atomic E-state index is 11.6. The topological polar surface area (TPSA) is 32.9 Å². The van der Waals surface area contributed by atoms with Crippen LogP contribution in [0.4, 0.5) is 0 Å². The molecule has 0 saturated heterocycles. The average Bonchev–Trinajstić information content (AvgIpc) is 2.49. The van der Waals surface area contributed by atoms with E-state index in [-0.39, 0.29) is 5.56 Å². The van der Waals surface area contributed by atoms with Gasteiger partial charge in [0, 0.05) is 11.6 Å². The van der Waals surface area contributed by atoms with Gasteiger partial charge in [-0.05, 0) is 17.2 Å². The second-order valence-electron chi connectivity index (χ2n) is 4.34. The Labute approximate surface area is 111 Å². The van der Waals surface area contributed by atoms with Gasteiger partial charge in [-0.15, -0.1) is 0 Å². The van der Waals surface area contributed by atoms with Crippen LogP contribution in [0.25, 0.3) is 22.4 Å². The zero-order chi connectivity index (χ0) is 13.1. The smallest absolute Gasteiger partial charge is 0.248 e. The van der Waals surface area contributed by atoms with Crippen molar-refractivity contribution in [1.82, 2.24) is 4.98 Å². The van der Waals surface area contributed by atoms with Crippen LogP contribution in [-0.2, 0) is 0 Å². The highest BCUT2D eigenvalue weighted by Crippen LogP contribution is 2.28. The molecule has 0 aliphatic carbocycles. The first kappa shape index (κ1) is 11.5. The molecule has 1 N–H and O–H groups in total. The van der Waals surface area contributed by atoms with Crippen LogP contribution in [0.3, 0.4) is 0 Å². The van der Waals surface area contributed by atoms with Crippen LogP contribution in [0.15, 0.2) is 77.6 Å². The number of H-pyrrole nitrogens is 1. The van der Waals surface area contributed by atoms with Gasteiger partial charge >= 0.3 is 0 Å². The van der Waals surface area contributed by atoms with Gasteiger partial charge in [-0.2, -0.15) is 0 Å². The predicted octanol–water partition coefficient (Wildman–Crippen LogP) is 3.71. The van der Waals surface area contributed by atoms with E-state index in [9.17, 15) is 4.79 Å². The second-order valence-corrected chi connectivity index (χ2v) is 4.34. The van der Waals surface area contributed by atoms with E-state index in [0.717, 1.165) is 22.4 Å². The van der Waals surface area contributed by atoms with Gasteiger partial charge in [-0.3, -0.25) is 4.79 Å². The van der Waals surface area contributed by atoms with Crippen molar-refractivity contribution in [3.8, 4) is 22.4 Å². The van der Waals surface area contributed by atoms with Gasteiger partial charge in [0.1, 0.15) is 0 Å². The summed E-state index contributed by atoms with van der Waals surface area (Å²) in [6.45, 7) is 0. The molecule has 0 saturated carbocycles. The van der Waals surface area contributed by atoms with Crippen LogP contribution >= 0.6 is 0 Å². The summed E-state index contributed by atoms with van der Waals surface area (Å²) in [6, 6.07) is 23.4. The quantitative estimate of drug-likeness (QED) is 0.735. The largest absolute Gasteiger partial charge is 0.321 e. The first-order valence-corrected chi connectivity index (χ1v) is 6.19. The lowest BCUT2D eigenvalue weighted by atomic mass is 9.99. The van der Waals surface area contributed by atoms with Gasteiger partial charge in [0.25, 0.3) is 0 Å². The minimum Gasteiger partial charge on any atom is -0.321 e. The fourth-order valence-corrected chi connectivity index (χ4v) is 2.17. The molecule has 2 heteroatoms. The minimum atomic E-state index is -0.0847. The molecule has 3 rings (SSSR count). The normalized spacial score (nSPS) is 10.3. The van der Waals surface area contributed by atoms with Gasteiger partial charge < -0.3 is 4.98 Å². The number of benzene rings is 2. The van der Waals surface area contributed by atoms with Gasteiger partial charge in [-0.25, -0.2) is 0 Å². The van der Waals surface area contributed by atoms with Gasteiger partial charge in [0.2, 0.25) is 5.56 Å². The molecule has 19 heavy (non-hydrogen) atoms. The van der Waals surface area contributed by atoms with Gasteiger partial charge in [0.05, 0.1) is 5.69 Å². The molecule has 2 aromatic carbocycles. The molecule has 1 heterocycles. The van der Waals surface area contributed by atoms with Crippen molar-refractivity contribution in [3.05, 3.63) is 83.2 Å². The highest BCUT2D eigenvalue weighted by atomic mass is 16.1. The van der Waals surface area contributed by atoms with Crippen molar-refractivity contribution >= 4 is 0 Å². The van der Waals surface area contributed by atoms with Crippen molar-refractivity contribution in [2.45, 2.75) is 0 Å². The molecule has 0 fully saturated rings. The maximum Gasteiger partial charge on any atom is 0.248 e. The summed E-state index contributed by atoms with van der Waals surface area (Å²) in [5, 5.41) is 0. The summed E-state index contributed by atoms with van der Waals surface area (Å²) in [5.41, 5.74) is 3.92. The Morgan fingerprint density at radius 3 is 1.84 bits per heavy atom. The van der Waals surface area contributed by atoms with E-state index >= 15 is 0 Å². The Balaban J connectivity index is 2.24. The molecule has 0 atom stereocenters. The van der Waals surface area contributed by atoms with E-state index in [1.54, 1.807) is 6.07 Å². The van der Waals surface area contributed by atoms with Gasteiger partial charge in [-0.1, -0.05) is 60.7 Å². The third-order valence-corrected chi connectivity index (χ3v) is 3.07. The molecule has 0 amide bonds. The molecular weight excluding hydrogens is 234 g/mol. The Kier molecular flexibility index (Phi) is 2.99. The Bertz CT molecular complexity index is 730. The standard InChI is InChI=1S/C17H13NO/c19-16-12-11-15(13-7-3-1-4-8-13)17(18-16)14-9-5-2-6-10-14/h1-12H,(H,18,19). The highest BCUT2D eigenvalue weighted by molar-refractivity contribution is 5.80. The third-order valence-electron chi connectivity index (χ3n) is 3.07. The Morgan fingerprint density at radius 1 is 0.632 bits per heavy atom. The highest BCUT2D eigenvalue weighted by Gasteiger charge is 2.07. The second kappa shape index (κ2) is 4.94. The summed E-state index contributed by atoms with van der Waals surface area (Å²) >= 11 is 0. The summed E-state index contributed by atoms with van der Waals surface area (Å²) in [7, 11) is 0. The fourth-order valence-electron chi connectivity index (χ4n) is 2.17. The van der Waals surface area contributed by atoms with Crippen LogP contribution in [0.2, 0.25) is 0 Å². The minimum absolute atomic E-state index is 0.0847. The van der Waals surface area contributed by atoms with Crippen molar-refractivity contribution in [2.24, 2.45) is 0 Å². The summed E-state index contributed by atoms with van der Waals surface area (Å²) in [5.74, 6) is 0. The number of nitrogens with one attached hydrogen (secondary N) is 1. The zero-order valence-electron chi connectivity index (χ0n) is 10.3. The molecule has 3 aromatic rings. The molecule has 0 spiro atoms. The zero-order valence-corrected chi connectivity index (χ0v) is 10.3. The lowest BCUT2D eigenvalue weighted by Gasteiger charge is -2.09. The molecule has 92 valence electrons. The molecule has 1 aromatic heterocycles. The van der Waals surface area contributed by atoms with E-state index < -0.39 is 0 Å². The first-order valence-electron chi connectivity index (χ1n) is 6.19. The molecule has 0 aliphatic rings. The lowest BCUT2D eigenvalue weighted by Crippen LogP contribution is -2.05. The fraction of sp³-hybridized carbons (Fsp3) is 0. The van der Waals surface area contributed by atoms with E-state index in [1.165, 1.54) is 0 Å². The van der Waals surface area contributed by atoms with Crippen molar-refractivity contribution in [3.63, 3.8) is 0 Å². The number of aromatic amines is 1. The average molecular weight is 247 g/mol. The Hall–Kier alpha value is -2.61. The number of hydrogen-bond donors (Lipinski definition) is 1. The van der Waals surface area contributed by atoms with Crippen molar-refractivity contribution in [2.75, 3.05) is 0 Å². The number of hydrogen-bond acceptors (Lipinski definition) is 1. The van der Waals surface area contributed by atoms with Crippen LogP contribution in [0, 0.1) is 0 Å². The summed E-state index contributed by atoms with van der Waals surface area (Å²) in [4.78, 5) is 14.5. The van der Waals surface area contributed by atoms with Crippen molar-refractivity contribution in [1.29, 1.82) is 0 Å². The molecule has 0 aliphatic heterocycles. The summed E-state index contributed by atoms with van der Waals surface area (Å²) < 4.78 is 0. The number of rotatable bonds is 2. The van der Waals surface area contributed by atoms with Crippen LogP contribution < -0.4 is 5.56 Å².